The van der Waals surface area contributed by atoms with E-state index in [9.17, 15) is 0 Å². The third kappa shape index (κ3) is 1.95. The van der Waals surface area contributed by atoms with Crippen LogP contribution in [-0.2, 0) is 0 Å². The summed E-state index contributed by atoms with van der Waals surface area (Å²) >= 11 is 5.03. The summed E-state index contributed by atoms with van der Waals surface area (Å²) in [5, 5.41) is 10.0. The Morgan fingerprint density at radius 3 is 2.77 bits per heavy atom. The molecule has 0 aliphatic carbocycles. The van der Waals surface area contributed by atoms with E-state index >= 15 is 0 Å². The fraction of sp³-hybridized carbons (Fsp3) is 0.111. The van der Waals surface area contributed by atoms with Crippen LogP contribution in [0.15, 0.2) is 28.7 Å². The number of aryl methyl sites for hydroxylation is 1. The van der Waals surface area contributed by atoms with E-state index in [1.54, 1.807) is 11.3 Å². The second kappa shape index (κ2) is 3.55. The summed E-state index contributed by atoms with van der Waals surface area (Å²) in [5.41, 5.74) is 1.11. The summed E-state index contributed by atoms with van der Waals surface area (Å²) in [4.78, 5) is 0. The molecule has 0 aliphatic rings. The summed E-state index contributed by atoms with van der Waals surface area (Å²) in [6, 6.07) is 8.07. The van der Waals surface area contributed by atoms with Crippen molar-refractivity contribution in [3.63, 3.8) is 0 Å². The molecule has 1 aromatic heterocycles. The van der Waals surface area contributed by atoms with E-state index in [0.717, 1.165) is 20.1 Å². The Morgan fingerprint density at radius 1 is 1.31 bits per heavy atom. The van der Waals surface area contributed by atoms with Crippen LogP contribution < -0.4 is 0 Å². The van der Waals surface area contributed by atoms with Gasteiger partial charge in [-0.05, 0) is 19.1 Å². The molecule has 1 aromatic carbocycles. The van der Waals surface area contributed by atoms with E-state index in [0.29, 0.717) is 0 Å². The van der Waals surface area contributed by atoms with Crippen LogP contribution in [0.25, 0.3) is 10.6 Å². The predicted molar refractivity (Wildman–Crippen MR) is 57.8 cm³/mol. The molecule has 13 heavy (non-hydrogen) atoms. The largest absolute Gasteiger partial charge is 0.147 e. The van der Waals surface area contributed by atoms with Gasteiger partial charge >= 0.3 is 0 Å². The van der Waals surface area contributed by atoms with Crippen LogP contribution in [0, 0.1) is 6.92 Å². The fourth-order valence-electron chi connectivity index (χ4n) is 1.03. The Kier molecular flexibility index (Phi) is 2.42. The van der Waals surface area contributed by atoms with E-state index in [-0.39, 0.29) is 0 Å². The topological polar surface area (TPSA) is 25.8 Å². The van der Waals surface area contributed by atoms with E-state index < -0.39 is 0 Å². The van der Waals surface area contributed by atoms with Crippen LogP contribution in [0.3, 0.4) is 0 Å². The highest BCUT2D eigenvalue weighted by molar-refractivity contribution is 9.10. The average Bonchev–Trinajstić information content (AvgIpc) is 2.52. The molecule has 0 N–H and O–H groups in total. The SMILES string of the molecule is Cc1nnc(-c2cccc(Br)c2)s1. The normalized spacial score (nSPS) is 10.3. The minimum atomic E-state index is 0.971. The quantitative estimate of drug-likeness (QED) is 0.781. The third-order valence-corrected chi connectivity index (χ3v) is 2.98. The van der Waals surface area contributed by atoms with Gasteiger partial charge in [-0.25, -0.2) is 0 Å². The van der Waals surface area contributed by atoms with Crippen molar-refractivity contribution in [3.8, 4) is 10.6 Å². The van der Waals surface area contributed by atoms with Crippen LogP contribution in [0.4, 0.5) is 0 Å². The van der Waals surface area contributed by atoms with Crippen molar-refractivity contribution < 1.29 is 0 Å². The highest BCUT2D eigenvalue weighted by Gasteiger charge is 2.03. The Bertz CT molecular complexity index is 425. The van der Waals surface area contributed by atoms with Crippen molar-refractivity contribution in [1.82, 2.24) is 10.2 Å². The van der Waals surface area contributed by atoms with Gasteiger partial charge in [-0.1, -0.05) is 39.4 Å². The molecule has 2 aromatic rings. The van der Waals surface area contributed by atoms with Gasteiger partial charge < -0.3 is 0 Å². The number of hydrogen-bond donors (Lipinski definition) is 0. The molecule has 0 amide bonds. The second-order valence-electron chi connectivity index (χ2n) is 2.64. The minimum Gasteiger partial charge on any atom is -0.143 e. The molecule has 0 radical (unpaired) electrons. The minimum absolute atomic E-state index is 0.971. The van der Waals surface area contributed by atoms with Crippen LogP contribution in [0.1, 0.15) is 5.01 Å². The lowest BCUT2D eigenvalue weighted by Gasteiger charge is -1.94. The second-order valence-corrected chi connectivity index (χ2v) is 4.73. The maximum Gasteiger partial charge on any atom is 0.147 e. The molecule has 0 saturated heterocycles. The van der Waals surface area contributed by atoms with Crippen LogP contribution in [0.2, 0.25) is 0 Å². The van der Waals surface area contributed by atoms with Gasteiger partial charge in [0.25, 0.3) is 0 Å². The van der Waals surface area contributed by atoms with Crippen molar-refractivity contribution >= 4 is 27.3 Å². The van der Waals surface area contributed by atoms with E-state index in [4.69, 9.17) is 0 Å². The molecule has 0 bridgehead atoms. The molecule has 4 heteroatoms. The summed E-state index contributed by atoms with van der Waals surface area (Å²) in [6.45, 7) is 1.96. The van der Waals surface area contributed by atoms with E-state index in [2.05, 4.69) is 26.1 Å². The molecule has 2 rings (SSSR count). The lowest BCUT2D eigenvalue weighted by Crippen LogP contribution is -1.76. The lowest BCUT2D eigenvalue weighted by molar-refractivity contribution is 1.05. The van der Waals surface area contributed by atoms with Gasteiger partial charge in [-0.15, -0.1) is 10.2 Å². The molecule has 66 valence electrons. The van der Waals surface area contributed by atoms with Gasteiger partial charge in [0.05, 0.1) is 0 Å². The summed E-state index contributed by atoms with van der Waals surface area (Å²) in [5.74, 6) is 0. The van der Waals surface area contributed by atoms with Crippen molar-refractivity contribution in [1.29, 1.82) is 0 Å². The van der Waals surface area contributed by atoms with Gasteiger partial charge in [-0.3, -0.25) is 0 Å². The van der Waals surface area contributed by atoms with Gasteiger partial charge in [0.1, 0.15) is 10.0 Å². The van der Waals surface area contributed by atoms with Crippen molar-refractivity contribution in [2.75, 3.05) is 0 Å². The first-order valence-corrected chi connectivity index (χ1v) is 5.43. The predicted octanol–water partition coefficient (Wildman–Crippen LogP) is 3.28. The Balaban J connectivity index is 2.46. The van der Waals surface area contributed by atoms with Crippen LogP contribution >= 0.6 is 27.3 Å². The molecule has 0 aliphatic heterocycles. The molecule has 0 atom stereocenters. The fourth-order valence-corrected chi connectivity index (χ4v) is 2.12. The standard InChI is InChI=1S/C9H7BrN2S/c1-6-11-12-9(13-6)7-3-2-4-8(10)5-7/h2-5H,1H3. The molecule has 0 unspecified atom stereocenters. The maximum atomic E-state index is 4.07. The maximum absolute atomic E-state index is 4.07. The van der Waals surface area contributed by atoms with Crippen LogP contribution in [0.5, 0.6) is 0 Å². The molecule has 0 spiro atoms. The van der Waals surface area contributed by atoms with Gasteiger partial charge in [-0.2, -0.15) is 0 Å². The zero-order valence-electron chi connectivity index (χ0n) is 6.99. The Hall–Kier alpha value is -0.740. The molecule has 1 heterocycles. The van der Waals surface area contributed by atoms with Gasteiger partial charge in [0.2, 0.25) is 0 Å². The summed E-state index contributed by atoms with van der Waals surface area (Å²) in [7, 11) is 0. The number of benzene rings is 1. The third-order valence-electron chi connectivity index (χ3n) is 1.60. The van der Waals surface area contributed by atoms with E-state index in [1.165, 1.54) is 0 Å². The first-order chi connectivity index (χ1) is 6.25. The van der Waals surface area contributed by atoms with Crippen molar-refractivity contribution in [2.24, 2.45) is 0 Å². The Labute approximate surface area is 88.8 Å². The highest BCUT2D eigenvalue weighted by atomic mass is 79.9. The molecular weight excluding hydrogens is 248 g/mol. The highest BCUT2D eigenvalue weighted by Crippen LogP contribution is 2.25. The molecule has 0 saturated carbocycles. The molecule has 0 fully saturated rings. The van der Waals surface area contributed by atoms with Crippen LogP contribution in [-0.4, -0.2) is 10.2 Å². The zero-order chi connectivity index (χ0) is 9.26. The van der Waals surface area contributed by atoms with Gasteiger partial charge in [0.15, 0.2) is 0 Å². The van der Waals surface area contributed by atoms with Crippen molar-refractivity contribution in [2.45, 2.75) is 6.92 Å². The average molecular weight is 255 g/mol. The first-order valence-electron chi connectivity index (χ1n) is 3.82. The smallest absolute Gasteiger partial charge is 0.143 e. The molecule has 2 nitrogen and oxygen atoms in total. The summed E-state index contributed by atoms with van der Waals surface area (Å²) < 4.78 is 1.07. The Morgan fingerprint density at radius 2 is 2.15 bits per heavy atom. The number of nitrogens with zero attached hydrogens (tertiary/aromatic N) is 2. The number of hydrogen-bond acceptors (Lipinski definition) is 3. The summed E-state index contributed by atoms with van der Waals surface area (Å²) in [6.07, 6.45) is 0. The zero-order valence-corrected chi connectivity index (χ0v) is 9.39. The first kappa shape index (κ1) is 8.84. The molecular formula is C9H7BrN2S. The number of halogens is 1. The monoisotopic (exact) mass is 254 g/mol. The van der Waals surface area contributed by atoms with Gasteiger partial charge in [0, 0.05) is 10.0 Å². The van der Waals surface area contributed by atoms with E-state index in [1.807, 2.05) is 31.2 Å². The number of rotatable bonds is 1. The van der Waals surface area contributed by atoms with Crippen molar-refractivity contribution in [3.05, 3.63) is 33.7 Å². The lowest BCUT2D eigenvalue weighted by atomic mass is 10.2. The number of aromatic nitrogens is 2.